The number of hydrogen-bond acceptors (Lipinski definition) is 1. The van der Waals surface area contributed by atoms with E-state index < -0.39 is 0 Å². The minimum Gasteiger partial charge on any atom is -0.358 e. The van der Waals surface area contributed by atoms with Crippen molar-refractivity contribution in [2.75, 3.05) is 13.1 Å². The van der Waals surface area contributed by atoms with E-state index in [1.807, 2.05) is 6.08 Å². The van der Waals surface area contributed by atoms with Crippen LogP contribution in [0, 0.1) is 0 Å². The number of aromatic nitrogens is 1. The second-order valence-corrected chi connectivity index (χ2v) is 5.61. The summed E-state index contributed by atoms with van der Waals surface area (Å²) in [5, 5.41) is 1.38. The second-order valence-electron chi connectivity index (χ2n) is 5.61. The van der Waals surface area contributed by atoms with Gasteiger partial charge >= 0.3 is 0 Å². The predicted molar refractivity (Wildman–Crippen MR) is 88.3 cm³/mol. The lowest BCUT2D eigenvalue weighted by atomic mass is 10.1. The Labute approximate surface area is 122 Å². The largest absolute Gasteiger partial charge is 0.358 e. The lowest BCUT2D eigenvalue weighted by Crippen LogP contribution is -2.33. The van der Waals surface area contributed by atoms with Gasteiger partial charge in [-0.3, -0.25) is 4.90 Å². The zero-order chi connectivity index (χ0) is 14.5. The molecule has 1 aromatic carbocycles. The summed E-state index contributed by atoms with van der Waals surface area (Å²) in [5.74, 6) is 0. The Kier molecular flexibility index (Phi) is 5.02. The molecule has 1 heterocycles. The Morgan fingerprint density at radius 1 is 1.30 bits per heavy atom. The van der Waals surface area contributed by atoms with Crippen LogP contribution < -0.4 is 0 Å². The van der Waals surface area contributed by atoms with Crippen LogP contribution in [-0.4, -0.2) is 29.0 Å². The zero-order valence-electron chi connectivity index (χ0n) is 12.9. The summed E-state index contributed by atoms with van der Waals surface area (Å²) in [7, 11) is 0. The first kappa shape index (κ1) is 14.9. The van der Waals surface area contributed by atoms with Crippen LogP contribution in [0.2, 0.25) is 0 Å². The molecule has 20 heavy (non-hydrogen) atoms. The minimum atomic E-state index is 0.559. The van der Waals surface area contributed by atoms with Gasteiger partial charge in [0.05, 0.1) is 0 Å². The van der Waals surface area contributed by atoms with Gasteiger partial charge in [0, 0.05) is 35.7 Å². The van der Waals surface area contributed by atoms with Gasteiger partial charge in [-0.2, -0.15) is 0 Å². The third-order valence-electron chi connectivity index (χ3n) is 4.00. The maximum atomic E-state index is 3.86. The molecule has 1 N–H and O–H groups in total. The molecule has 0 bridgehead atoms. The van der Waals surface area contributed by atoms with E-state index in [2.05, 4.69) is 61.5 Å². The van der Waals surface area contributed by atoms with Crippen LogP contribution in [0.15, 0.2) is 36.9 Å². The summed E-state index contributed by atoms with van der Waals surface area (Å²) in [6.07, 6.45) is 4.16. The molecule has 0 aliphatic rings. The highest BCUT2D eigenvalue weighted by atomic mass is 15.1. The molecule has 0 aliphatic carbocycles. The van der Waals surface area contributed by atoms with Gasteiger partial charge in [-0.1, -0.05) is 31.2 Å². The Hall–Kier alpha value is -1.54. The summed E-state index contributed by atoms with van der Waals surface area (Å²) in [5.41, 5.74) is 4.13. The highest BCUT2D eigenvalue weighted by Crippen LogP contribution is 2.23. The lowest BCUT2D eigenvalue weighted by Gasteiger charge is -2.25. The normalized spacial score (nSPS) is 11.7. The summed E-state index contributed by atoms with van der Waals surface area (Å²) in [6, 6.07) is 9.18. The quantitative estimate of drug-likeness (QED) is 0.748. The molecule has 0 aliphatic heterocycles. The molecule has 2 rings (SSSR count). The van der Waals surface area contributed by atoms with E-state index in [1.54, 1.807) is 0 Å². The number of benzene rings is 1. The van der Waals surface area contributed by atoms with Crippen molar-refractivity contribution in [3.8, 4) is 0 Å². The molecular formula is C18H26N2. The van der Waals surface area contributed by atoms with Gasteiger partial charge in [0.1, 0.15) is 0 Å². The summed E-state index contributed by atoms with van der Waals surface area (Å²) >= 11 is 0. The van der Waals surface area contributed by atoms with Crippen LogP contribution in [-0.2, 0) is 12.8 Å². The van der Waals surface area contributed by atoms with Gasteiger partial charge in [0.2, 0.25) is 0 Å². The van der Waals surface area contributed by atoms with Gasteiger partial charge in [0.25, 0.3) is 0 Å². The van der Waals surface area contributed by atoms with Crippen LogP contribution in [0.3, 0.4) is 0 Å². The van der Waals surface area contributed by atoms with E-state index in [1.165, 1.54) is 22.2 Å². The maximum absolute atomic E-state index is 3.86. The molecule has 0 amide bonds. The standard InChI is InChI=1S/C18H26N2/c1-5-12-20(14(3)4)13-11-16-15-9-7-8-10-18(15)19-17(16)6-2/h5,7-10,14,19H,1,6,11-13H2,2-4H3. The van der Waals surface area contributed by atoms with E-state index in [0.29, 0.717) is 6.04 Å². The van der Waals surface area contributed by atoms with Crippen molar-refractivity contribution >= 4 is 10.9 Å². The fourth-order valence-corrected chi connectivity index (χ4v) is 2.82. The Morgan fingerprint density at radius 3 is 2.70 bits per heavy atom. The molecular weight excluding hydrogens is 244 g/mol. The summed E-state index contributed by atoms with van der Waals surface area (Å²) in [4.78, 5) is 6.03. The van der Waals surface area contributed by atoms with Crippen molar-refractivity contribution in [3.63, 3.8) is 0 Å². The summed E-state index contributed by atoms with van der Waals surface area (Å²) in [6.45, 7) is 12.6. The molecule has 0 spiro atoms. The Morgan fingerprint density at radius 2 is 2.05 bits per heavy atom. The smallest absolute Gasteiger partial charge is 0.0458 e. The number of fused-ring (bicyclic) bond motifs is 1. The van der Waals surface area contributed by atoms with E-state index >= 15 is 0 Å². The molecule has 2 nitrogen and oxygen atoms in total. The fourth-order valence-electron chi connectivity index (χ4n) is 2.82. The monoisotopic (exact) mass is 270 g/mol. The molecule has 0 fully saturated rings. The van der Waals surface area contributed by atoms with Crippen molar-refractivity contribution in [2.24, 2.45) is 0 Å². The van der Waals surface area contributed by atoms with Crippen molar-refractivity contribution < 1.29 is 0 Å². The predicted octanol–water partition coefficient (Wildman–Crippen LogP) is 4.17. The number of aryl methyl sites for hydroxylation is 1. The number of nitrogens with zero attached hydrogens (tertiary/aromatic N) is 1. The second kappa shape index (κ2) is 6.76. The number of rotatable bonds is 7. The van der Waals surface area contributed by atoms with Crippen molar-refractivity contribution in [2.45, 2.75) is 39.7 Å². The molecule has 0 radical (unpaired) electrons. The topological polar surface area (TPSA) is 19.0 Å². The van der Waals surface area contributed by atoms with Gasteiger partial charge in [-0.15, -0.1) is 6.58 Å². The van der Waals surface area contributed by atoms with E-state index in [4.69, 9.17) is 0 Å². The number of aromatic amines is 1. The van der Waals surface area contributed by atoms with Gasteiger partial charge in [-0.25, -0.2) is 0 Å². The fraction of sp³-hybridized carbons (Fsp3) is 0.444. The average Bonchev–Trinajstić information content (AvgIpc) is 2.81. The first-order valence-corrected chi connectivity index (χ1v) is 7.60. The maximum Gasteiger partial charge on any atom is 0.0458 e. The van der Waals surface area contributed by atoms with Crippen molar-refractivity contribution in [1.29, 1.82) is 0 Å². The van der Waals surface area contributed by atoms with E-state index in [9.17, 15) is 0 Å². The number of H-pyrrole nitrogens is 1. The molecule has 2 aromatic rings. The number of para-hydroxylation sites is 1. The lowest BCUT2D eigenvalue weighted by molar-refractivity contribution is 0.249. The molecule has 0 saturated carbocycles. The molecule has 0 atom stereocenters. The number of nitrogens with one attached hydrogen (secondary N) is 1. The highest BCUT2D eigenvalue weighted by Gasteiger charge is 2.13. The van der Waals surface area contributed by atoms with Crippen LogP contribution in [0.1, 0.15) is 32.0 Å². The highest BCUT2D eigenvalue weighted by molar-refractivity contribution is 5.84. The SMILES string of the molecule is C=CCN(CCc1c(CC)[nH]c2ccccc12)C(C)C. The number of hydrogen-bond donors (Lipinski definition) is 1. The van der Waals surface area contributed by atoms with Crippen LogP contribution in [0.4, 0.5) is 0 Å². The molecule has 0 unspecified atom stereocenters. The van der Waals surface area contributed by atoms with Gasteiger partial charge < -0.3 is 4.98 Å². The van der Waals surface area contributed by atoms with Crippen LogP contribution >= 0.6 is 0 Å². The van der Waals surface area contributed by atoms with Crippen LogP contribution in [0.25, 0.3) is 10.9 Å². The van der Waals surface area contributed by atoms with E-state index in [0.717, 1.165) is 25.9 Å². The Bertz CT molecular complexity index is 566. The molecule has 2 heteroatoms. The third kappa shape index (κ3) is 3.13. The van der Waals surface area contributed by atoms with E-state index in [-0.39, 0.29) is 0 Å². The van der Waals surface area contributed by atoms with Crippen molar-refractivity contribution in [3.05, 3.63) is 48.2 Å². The zero-order valence-corrected chi connectivity index (χ0v) is 12.9. The van der Waals surface area contributed by atoms with Gasteiger partial charge in [-0.05, 0) is 38.3 Å². The van der Waals surface area contributed by atoms with Crippen molar-refractivity contribution in [1.82, 2.24) is 9.88 Å². The first-order valence-electron chi connectivity index (χ1n) is 7.60. The molecule has 108 valence electrons. The minimum absolute atomic E-state index is 0.559. The third-order valence-corrected chi connectivity index (χ3v) is 4.00. The molecule has 1 aromatic heterocycles. The Balaban J connectivity index is 2.21. The average molecular weight is 270 g/mol. The first-order chi connectivity index (χ1) is 9.67. The summed E-state index contributed by atoms with van der Waals surface area (Å²) < 4.78 is 0. The van der Waals surface area contributed by atoms with Crippen LogP contribution in [0.5, 0.6) is 0 Å². The molecule has 0 saturated heterocycles. The van der Waals surface area contributed by atoms with Gasteiger partial charge in [0.15, 0.2) is 0 Å².